The third-order valence-corrected chi connectivity index (χ3v) is 7.24. The molecule has 0 bridgehead atoms. The van der Waals surface area contributed by atoms with Crippen LogP contribution in [0.1, 0.15) is 24.0 Å². The number of halogens is 1. The number of benzene rings is 2. The number of pyridine rings is 2. The molecule has 2 aromatic carbocycles. The standard InChI is InChI=1S/C30H26FN7/c1-18-10-21(13-23(31)11-18)27-29-26(6-7-33-27)34-30(35-29)28-24-14-20(4-5-25(24)36-37-28)22-12-19(15-32-16-22)17-38-8-2-3-9-38/h4-7,10-16H,2-3,8-9,17H2,1H3,(H,34,35)(H,36,37). The second-order valence-electron chi connectivity index (χ2n) is 10.1. The van der Waals surface area contributed by atoms with Gasteiger partial charge in [-0.2, -0.15) is 5.10 Å². The highest BCUT2D eigenvalue weighted by Crippen LogP contribution is 2.33. The zero-order valence-electron chi connectivity index (χ0n) is 21.0. The van der Waals surface area contributed by atoms with Gasteiger partial charge >= 0.3 is 0 Å². The van der Waals surface area contributed by atoms with Gasteiger partial charge in [0.2, 0.25) is 0 Å². The van der Waals surface area contributed by atoms with Gasteiger partial charge in [-0.1, -0.05) is 6.07 Å². The van der Waals surface area contributed by atoms with Crippen LogP contribution in [0.25, 0.3) is 55.8 Å². The summed E-state index contributed by atoms with van der Waals surface area (Å²) in [7, 11) is 0. The number of nitrogens with one attached hydrogen (secondary N) is 2. The van der Waals surface area contributed by atoms with Gasteiger partial charge in [-0.15, -0.1) is 0 Å². The number of imidazole rings is 1. The SMILES string of the molecule is Cc1cc(F)cc(-c2nccc3[nH]c(-c4n[nH]c5ccc(-c6cncc(CN7CCCC7)c6)cc45)nc23)c1. The molecule has 38 heavy (non-hydrogen) atoms. The van der Waals surface area contributed by atoms with Crippen LogP contribution in [0.5, 0.6) is 0 Å². The summed E-state index contributed by atoms with van der Waals surface area (Å²) in [5.74, 6) is 0.339. The minimum absolute atomic E-state index is 0.292. The predicted octanol–water partition coefficient (Wildman–Crippen LogP) is 6.27. The van der Waals surface area contributed by atoms with Gasteiger partial charge in [0.15, 0.2) is 5.82 Å². The molecule has 5 heterocycles. The van der Waals surface area contributed by atoms with Crippen molar-refractivity contribution < 1.29 is 4.39 Å². The number of H-pyrrole nitrogens is 2. The average molecular weight is 504 g/mol. The molecule has 7 nitrogen and oxygen atoms in total. The normalized spacial score (nSPS) is 14.2. The topological polar surface area (TPSA) is 86.4 Å². The van der Waals surface area contributed by atoms with E-state index in [9.17, 15) is 4.39 Å². The Labute approximate surface area is 218 Å². The van der Waals surface area contributed by atoms with Gasteiger partial charge in [0.05, 0.1) is 16.7 Å². The molecule has 0 saturated carbocycles. The number of hydrogen-bond donors (Lipinski definition) is 2. The summed E-state index contributed by atoms with van der Waals surface area (Å²) >= 11 is 0. The van der Waals surface area contributed by atoms with E-state index in [0.717, 1.165) is 58.4 Å². The zero-order chi connectivity index (χ0) is 25.6. The van der Waals surface area contributed by atoms with E-state index in [1.165, 1.54) is 30.5 Å². The maximum atomic E-state index is 14.1. The van der Waals surface area contributed by atoms with E-state index in [1.807, 2.05) is 37.5 Å². The van der Waals surface area contributed by atoms with Crippen LogP contribution in [0, 0.1) is 12.7 Å². The fraction of sp³-hybridized carbons (Fsp3) is 0.200. The molecule has 0 amide bonds. The Morgan fingerprint density at radius 2 is 1.79 bits per heavy atom. The fourth-order valence-electron chi connectivity index (χ4n) is 5.44. The Bertz CT molecular complexity index is 1780. The van der Waals surface area contributed by atoms with Crippen molar-refractivity contribution in [1.82, 2.24) is 35.0 Å². The van der Waals surface area contributed by atoms with Gasteiger partial charge in [0, 0.05) is 41.6 Å². The average Bonchev–Trinajstić information content (AvgIpc) is 3.67. The molecule has 1 aliphatic rings. The maximum absolute atomic E-state index is 14.1. The van der Waals surface area contributed by atoms with Crippen molar-refractivity contribution in [2.45, 2.75) is 26.3 Å². The lowest BCUT2D eigenvalue weighted by molar-refractivity contribution is 0.331. The number of aromatic nitrogens is 6. The number of rotatable bonds is 5. The first-order valence-electron chi connectivity index (χ1n) is 12.9. The summed E-state index contributed by atoms with van der Waals surface area (Å²) in [4.78, 5) is 19.8. The van der Waals surface area contributed by atoms with Crippen molar-refractivity contribution in [2.24, 2.45) is 0 Å². The molecule has 4 aromatic heterocycles. The van der Waals surface area contributed by atoms with Crippen LogP contribution >= 0.6 is 0 Å². The predicted molar refractivity (Wildman–Crippen MR) is 147 cm³/mol. The lowest BCUT2D eigenvalue weighted by Crippen LogP contribution is -2.18. The smallest absolute Gasteiger partial charge is 0.159 e. The summed E-state index contributed by atoms with van der Waals surface area (Å²) in [5, 5.41) is 8.68. The summed E-state index contributed by atoms with van der Waals surface area (Å²) in [5.41, 5.74) is 8.68. The molecule has 1 fully saturated rings. The van der Waals surface area contributed by atoms with Crippen LogP contribution in [0.4, 0.5) is 4.39 Å². The number of hydrogen-bond acceptors (Lipinski definition) is 5. The summed E-state index contributed by atoms with van der Waals surface area (Å²) in [6, 6.07) is 15.3. The van der Waals surface area contributed by atoms with E-state index in [2.05, 4.69) is 48.2 Å². The van der Waals surface area contributed by atoms with E-state index < -0.39 is 0 Å². The van der Waals surface area contributed by atoms with E-state index in [1.54, 1.807) is 6.20 Å². The van der Waals surface area contributed by atoms with Crippen molar-refractivity contribution >= 4 is 21.9 Å². The molecule has 0 aliphatic carbocycles. The number of nitrogens with zero attached hydrogens (tertiary/aromatic N) is 5. The maximum Gasteiger partial charge on any atom is 0.159 e. The van der Waals surface area contributed by atoms with Crippen molar-refractivity contribution in [3.8, 4) is 33.9 Å². The number of fused-ring (bicyclic) bond motifs is 2. The molecule has 188 valence electrons. The van der Waals surface area contributed by atoms with Gasteiger partial charge in [-0.05, 0) is 92.0 Å². The highest BCUT2D eigenvalue weighted by Gasteiger charge is 2.17. The summed E-state index contributed by atoms with van der Waals surface area (Å²) in [6.07, 6.45) is 8.13. The van der Waals surface area contributed by atoms with Gasteiger partial charge < -0.3 is 4.98 Å². The second-order valence-corrected chi connectivity index (χ2v) is 10.1. The van der Waals surface area contributed by atoms with Crippen LogP contribution in [0.15, 0.2) is 67.1 Å². The first kappa shape index (κ1) is 22.7. The van der Waals surface area contributed by atoms with Gasteiger partial charge in [0.1, 0.15) is 17.0 Å². The Morgan fingerprint density at radius 1 is 0.895 bits per heavy atom. The summed E-state index contributed by atoms with van der Waals surface area (Å²) in [6.45, 7) is 5.11. The Hall–Kier alpha value is -4.43. The lowest BCUT2D eigenvalue weighted by atomic mass is 10.0. The first-order chi connectivity index (χ1) is 18.6. The molecule has 0 spiro atoms. The monoisotopic (exact) mass is 503 g/mol. The Kier molecular flexibility index (Phi) is 5.47. The van der Waals surface area contributed by atoms with Crippen molar-refractivity contribution in [3.63, 3.8) is 0 Å². The number of aryl methyl sites for hydroxylation is 1. The summed E-state index contributed by atoms with van der Waals surface area (Å²) < 4.78 is 14.1. The van der Waals surface area contributed by atoms with E-state index in [0.29, 0.717) is 22.6 Å². The third kappa shape index (κ3) is 4.13. The third-order valence-electron chi connectivity index (χ3n) is 7.24. The highest BCUT2D eigenvalue weighted by molar-refractivity contribution is 5.97. The molecular weight excluding hydrogens is 477 g/mol. The second kappa shape index (κ2) is 9.15. The molecule has 7 rings (SSSR count). The number of likely N-dealkylation sites (tertiary alicyclic amines) is 1. The molecule has 1 saturated heterocycles. The van der Waals surface area contributed by atoms with Crippen LogP contribution in [-0.4, -0.2) is 48.1 Å². The molecule has 0 radical (unpaired) electrons. The van der Waals surface area contributed by atoms with Gasteiger partial charge in [-0.3, -0.25) is 20.0 Å². The van der Waals surface area contributed by atoms with Crippen LogP contribution in [0.3, 0.4) is 0 Å². The minimum Gasteiger partial charge on any atom is -0.336 e. The minimum atomic E-state index is -0.292. The molecule has 6 aromatic rings. The van der Waals surface area contributed by atoms with Crippen molar-refractivity contribution in [3.05, 3.63) is 84.1 Å². The highest BCUT2D eigenvalue weighted by atomic mass is 19.1. The molecule has 2 N–H and O–H groups in total. The van der Waals surface area contributed by atoms with Crippen LogP contribution in [0.2, 0.25) is 0 Å². The molecule has 0 unspecified atom stereocenters. The van der Waals surface area contributed by atoms with E-state index in [-0.39, 0.29) is 5.82 Å². The van der Waals surface area contributed by atoms with Crippen LogP contribution < -0.4 is 0 Å². The molecule has 0 atom stereocenters. The quantitative estimate of drug-likeness (QED) is 0.289. The van der Waals surface area contributed by atoms with Crippen LogP contribution in [-0.2, 0) is 6.54 Å². The lowest BCUT2D eigenvalue weighted by Gasteiger charge is -2.14. The Balaban J connectivity index is 1.28. The van der Waals surface area contributed by atoms with Crippen molar-refractivity contribution in [2.75, 3.05) is 13.1 Å². The molecular formula is C30H26FN7. The fourth-order valence-corrected chi connectivity index (χ4v) is 5.44. The van der Waals surface area contributed by atoms with Crippen molar-refractivity contribution in [1.29, 1.82) is 0 Å². The first-order valence-corrected chi connectivity index (χ1v) is 12.9. The number of aromatic amines is 2. The van der Waals surface area contributed by atoms with Gasteiger partial charge in [-0.25, -0.2) is 9.37 Å². The van der Waals surface area contributed by atoms with Gasteiger partial charge in [0.25, 0.3) is 0 Å². The largest absolute Gasteiger partial charge is 0.336 e. The molecule has 1 aliphatic heterocycles. The van der Waals surface area contributed by atoms with E-state index in [4.69, 9.17) is 4.98 Å². The molecule has 8 heteroatoms. The Morgan fingerprint density at radius 3 is 2.66 bits per heavy atom. The van der Waals surface area contributed by atoms with E-state index >= 15 is 0 Å². The zero-order valence-corrected chi connectivity index (χ0v) is 21.0.